The Morgan fingerprint density at radius 1 is 1.28 bits per heavy atom. The van der Waals surface area contributed by atoms with Crippen LogP contribution in [0.5, 0.6) is 0 Å². The molecule has 0 aromatic heterocycles. The molecular formula is C15H21N3. The van der Waals surface area contributed by atoms with Crippen LogP contribution < -0.4 is 5.32 Å². The summed E-state index contributed by atoms with van der Waals surface area (Å²) < 4.78 is 0. The molecule has 0 saturated heterocycles. The topological polar surface area (TPSA) is 39.1 Å². The molecule has 1 N–H and O–H groups in total. The highest BCUT2D eigenvalue weighted by molar-refractivity contribution is 5.28. The van der Waals surface area contributed by atoms with Crippen LogP contribution in [0.25, 0.3) is 0 Å². The van der Waals surface area contributed by atoms with E-state index < -0.39 is 0 Å². The standard InChI is InChI=1S/C15H21N3/c1-2-17-15(11-16)12-18-9-7-13-5-3-4-6-14(13)8-10-18/h3-6,15,17H,2,7-10,12H2,1H3. The zero-order chi connectivity index (χ0) is 12.8. The maximum absolute atomic E-state index is 9.09. The monoisotopic (exact) mass is 243 g/mol. The zero-order valence-corrected chi connectivity index (χ0v) is 11.0. The van der Waals surface area contributed by atoms with E-state index in [1.807, 2.05) is 6.92 Å². The highest BCUT2D eigenvalue weighted by atomic mass is 15.1. The lowest BCUT2D eigenvalue weighted by Crippen LogP contribution is -2.41. The molecule has 0 spiro atoms. The molecule has 1 aliphatic heterocycles. The van der Waals surface area contributed by atoms with Gasteiger partial charge in [0, 0.05) is 19.6 Å². The lowest BCUT2D eigenvalue weighted by atomic mass is 10.0. The van der Waals surface area contributed by atoms with E-state index in [2.05, 4.69) is 40.6 Å². The Morgan fingerprint density at radius 2 is 1.89 bits per heavy atom. The van der Waals surface area contributed by atoms with E-state index >= 15 is 0 Å². The van der Waals surface area contributed by atoms with Crippen LogP contribution in [0.15, 0.2) is 24.3 Å². The number of hydrogen-bond donors (Lipinski definition) is 1. The maximum Gasteiger partial charge on any atom is 0.108 e. The average Bonchev–Trinajstić information content (AvgIpc) is 2.61. The molecule has 1 aliphatic rings. The van der Waals surface area contributed by atoms with Gasteiger partial charge in [-0.05, 0) is 30.5 Å². The maximum atomic E-state index is 9.09. The van der Waals surface area contributed by atoms with Crippen LogP contribution in [0.4, 0.5) is 0 Å². The number of likely N-dealkylation sites (N-methyl/N-ethyl adjacent to an activating group) is 1. The van der Waals surface area contributed by atoms with E-state index in [0.717, 1.165) is 39.0 Å². The Balaban J connectivity index is 1.94. The third-order valence-corrected chi connectivity index (χ3v) is 3.56. The van der Waals surface area contributed by atoms with E-state index in [4.69, 9.17) is 5.26 Å². The summed E-state index contributed by atoms with van der Waals surface area (Å²) in [5, 5.41) is 12.3. The molecule has 0 aliphatic carbocycles. The Hall–Kier alpha value is -1.37. The van der Waals surface area contributed by atoms with Gasteiger partial charge >= 0.3 is 0 Å². The van der Waals surface area contributed by atoms with Gasteiger partial charge < -0.3 is 10.2 Å². The first-order valence-corrected chi connectivity index (χ1v) is 6.75. The molecule has 3 nitrogen and oxygen atoms in total. The highest BCUT2D eigenvalue weighted by Gasteiger charge is 2.16. The van der Waals surface area contributed by atoms with Crippen molar-refractivity contribution in [3.05, 3.63) is 35.4 Å². The predicted molar refractivity (Wildman–Crippen MR) is 73.4 cm³/mol. The van der Waals surface area contributed by atoms with Gasteiger partial charge in [-0.2, -0.15) is 5.26 Å². The van der Waals surface area contributed by atoms with E-state index in [0.29, 0.717) is 0 Å². The number of fused-ring (bicyclic) bond motifs is 1. The lowest BCUT2D eigenvalue weighted by molar-refractivity contribution is 0.270. The molecule has 0 amide bonds. The minimum atomic E-state index is -0.0452. The fourth-order valence-electron chi connectivity index (χ4n) is 2.55. The average molecular weight is 243 g/mol. The van der Waals surface area contributed by atoms with Gasteiger partial charge in [-0.15, -0.1) is 0 Å². The van der Waals surface area contributed by atoms with E-state index in [-0.39, 0.29) is 6.04 Å². The Morgan fingerprint density at radius 3 is 2.39 bits per heavy atom. The van der Waals surface area contributed by atoms with Gasteiger partial charge in [-0.3, -0.25) is 0 Å². The molecule has 96 valence electrons. The van der Waals surface area contributed by atoms with E-state index in [1.165, 1.54) is 11.1 Å². The number of nitriles is 1. The molecule has 0 bridgehead atoms. The van der Waals surface area contributed by atoms with Crippen LogP contribution in [0.1, 0.15) is 18.1 Å². The molecule has 0 fully saturated rings. The summed E-state index contributed by atoms with van der Waals surface area (Å²) in [6, 6.07) is 11.0. The Kier molecular flexibility index (Phi) is 4.74. The highest BCUT2D eigenvalue weighted by Crippen LogP contribution is 2.15. The summed E-state index contributed by atoms with van der Waals surface area (Å²) >= 11 is 0. The van der Waals surface area contributed by atoms with Gasteiger partial charge in [-0.25, -0.2) is 0 Å². The van der Waals surface area contributed by atoms with Crippen LogP contribution >= 0.6 is 0 Å². The van der Waals surface area contributed by atoms with Crippen LogP contribution in [0.2, 0.25) is 0 Å². The van der Waals surface area contributed by atoms with E-state index in [9.17, 15) is 0 Å². The second-order valence-corrected chi connectivity index (χ2v) is 4.81. The van der Waals surface area contributed by atoms with Crippen molar-refractivity contribution in [3.8, 4) is 6.07 Å². The first kappa shape index (κ1) is 13.1. The van der Waals surface area contributed by atoms with Gasteiger partial charge in [0.1, 0.15) is 6.04 Å². The van der Waals surface area contributed by atoms with Crippen molar-refractivity contribution in [2.24, 2.45) is 0 Å². The summed E-state index contributed by atoms with van der Waals surface area (Å²) in [5.41, 5.74) is 2.94. The van der Waals surface area contributed by atoms with Crippen molar-refractivity contribution in [1.29, 1.82) is 5.26 Å². The summed E-state index contributed by atoms with van der Waals surface area (Å²) in [4.78, 5) is 2.40. The summed E-state index contributed by atoms with van der Waals surface area (Å²) in [6.45, 7) is 5.84. The first-order valence-electron chi connectivity index (χ1n) is 6.75. The van der Waals surface area contributed by atoms with Gasteiger partial charge in [0.2, 0.25) is 0 Å². The third-order valence-electron chi connectivity index (χ3n) is 3.56. The SMILES string of the molecule is CCNC(C#N)CN1CCc2ccccc2CC1. The van der Waals surface area contributed by atoms with Gasteiger partial charge in [0.15, 0.2) is 0 Å². The van der Waals surface area contributed by atoms with E-state index in [1.54, 1.807) is 0 Å². The van der Waals surface area contributed by atoms with Crippen molar-refractivity contribution >= 4 is 0 Å². The lowest BCUT2D eigenvalue weighted by Gasteiger charge is -2.22. The molecular weight excluding hydrogens is 222 g/mol. The number of rotatable bonds is 4. The van der Waals surface area contributed by atoms with Gasteiger partial charge in [0.25, 0.3) is 0 Å². The van der Waals surface area contributed by atoms with Crippen LogP contribution in [0, 0.1) is 11.3 Å². The fraction of sp³-hybridized carbons (Fsp3) is 0.533. The molecule has 2 rings (SSSR count). The van der Waals surface area contributed by atoms with Crippen LogP contribution in [-0.2, 0) is 12.8 Å². The summed E-state index contributed by atoms with van der Waals surface area (Å²) in [5.74, 6) is 0. The number of nitrogens with one attached hydrogen (secondary N) is 1. The molecule has 0 radical (unpaired) electrons. The first-order chi connectivity index (χ1) is 8.83. The Labute approximate surface area is 109 Å². The van der Waals surface area contributed by atoms with Gasteiger partial charge in [0.05, 0.1) is 6.07 Å². The van der Waals surface area contributed by atoms with Crippen molar-refractivity contribution in [2.75, 3.05) is 26.2 Å². The Bertz CT molecular complexity index is 395. The number of hydrogen-bond acceptors (Lipinski definition) is 3. The van der Waals surface area contributed by atoms with Crippen LogP contribution in [-0.4, -0.2) is 37.1 Å². The quantitative estimate of drug-likeness (QED) is 0.873. The second-order valence-electron chi connectivity index (χ2n) is 4.81. The molecule has 0 saturated carbocycles. The minimum absolute atomic E-state index is 0.0452. The summed E-state index contributed by atoms with van der Waals surface area (Å²) in [6.07, 6.45) is 2.20. The van der Waals surface area contributed by atoms with Crippen LogP contribution in [0.3, 0.4) is 0 Å². The third kappa shape index (κ3) is 3.32. The molecule has 1 aromatic carbocycles. The van der Waals surface area contributed by atoms with Crippen molar-refractivity contribution < 1.29 is 0 Å². The molecule has 1 heterocycles. The normalized spacial score (nSPS) is 17.6. The fourth-order valence-corrected chi connectivity index (χ4v) is 2.55. The predicted octanol–water partition coefficient (Wildman–Crippen LogP) is 1.59. The minimum Gasteiger partial charge on any atom is -0.301 e. The van der Waals surface area contributed by atoms with Crippen molar-refractivity contribution in [2.45, 2.75) is 25.8 Å². The molecule has 18 heavy (non-hydrogen) atoms. The molecule has 1 aromatic rings. The number of benzene rings is 1. The van der Waals surface area contributed by atoms with Crippen molar-refractivity contribution in [3.63, 3.8) is 0 Å². The largest absolute Gasteiger partial charge is 0.301 e. The zero-order valence-electron chi connectivity index (χ0n) is 11.0. The summed E-state index contributed by atoms with van der Waals surface area (Å²) in [7, 11) is 0. The smallest absolute Gasteiger partial charge is 0.108 e. The second kappa shape index (κ2) is 6.53. The molecule has 1 atom stereocenters. The molecule has 3 heteroatoms. The number of nitrogens with zero attached hydrogens (tertiary/aromatic N) is 2. The molecule has 1 unspecified atom stereocenters. The van der Waals surface area contributed by atoms with Gasteiger partial charge in [-0.1, -0.05) is 31.2 Å². The van der Waals surface area contributed by atoms with Crippen molar-refractivity contribution in [1.82, 2.24) is 10.2 Å².